The molecule has 0 fully saturated rings. The molecular weight excluding hydrogens is 272 g/mol. The zero-order valence-corrected chi connectivity index (χ0v) is 11.3. The molecule has 0 spiro atoms. The van der Waals surface area contributed by atoms with Crippen molar-refractivity contribution in [3.05, 3.63) is 65.4 Å². The van der Waals surface area contributed by atoms with Crippen LogP contribution in [0.25, 0.3) is 22.5 Å². The Morgan fingerprint density at radius 1 is 1.10 bits per heavy atom. The number of carbonyl (C=O) groups is 1. The lowest BCUT2D eigenvalue weighted by Gasteiger charge is -2.04. The quantitative estimate of drug-likeness (QED) is 0.732. The topological polar surface area (TPSA) is 45.8 Å². The number of nitrogens with zero attached hydrogens (tertiary/aromatic N) is 1. The number of hydrogen-bond acceptors (Lipinski definition) is 2. The van der Waals surface area contributed by atoms with Crippen LogP contribution < -0.4 is 0 Å². The zero-order valence-electron chi connectivity index (χ0n) is 10.5. The Labute approximate surface area is 121 Å². The normalized spacial score (nSPS) is 10.4. The first-order chi connectivity index (χ1) is 9.78. The number of aldehydes is 1. The Kier molecular flexibility index (Phi) is 3.35. The lowest BCUT2D eigenvalue weighted by atomic mass is 10.1. The molecule has 0 saturated carbocycles. The van der Waals surface area contributed by atoms with Crippen LogP contribution in [0.3, 0.4) is 0 Å². The lowest BCUT2D eigenvalue weighted by Crippen LogP contribution is -1.85. The van der Waals surface area contributed by atoms with Gasteiger partial charge in [0.25, 0.3) is 0 Å². The zero-order chi connectivity index (χ0) is 13.9. The van der Waals surface area contributed by atoms with Crippen molar-refractivity contribution in [1.29, 1.82) is 0 Å². The van der Waals surface area contributed by atoms with Crippen LogP contribution in [0.1, 0.15) is 10.5 Å². The Balaban J connectivity index is 2.20. The van der Waals surface area contributed by atoms with E-state index in [2.05, 4.69) is 9.97 Å². The van der Waals surface area contributed by atoms with Gasteiger partial charge in [-0.25, -0.2) is 0 Å². The third-order valence-corrected chi connectivity index (χ3v) is 3.25. The van der Waals surface area contributed by atoms with E-state index in [1.54, 1.807) is 12.3 Å². The van der Waals surface area contributed by atoms with Gasteiger partial charge >= 0.3 is 0 Å². The number of aromatic amines is 1. The fraction of sp³-hybridized carbons (Fsp3) is 0. The summed E-state index contributed by atoms with van der Waals surface area (Å²) in [5.74, 6) is 0. The molecule has 0 saturated heterocycles. The molecule has 0 atom stereocenters. The number of benzene rings is 1. The average molecular weight is 283 g/mol. The summed E-state index contributed by atoms with van der Waals surface area (Å²) >= 11 is 6.03. The van der Waals surface area contributed by atoms with E-state index in [1.165, 1.54) is 0 Å². The fourth-order valence-corrected chi connectivity index (χ4v) is 2.32. The van der Waals surface area contributed by atoms with Crippen molar-refractivity contribution in [3.63, 3.8) is 0 Å². The molecule has 1 N–H and O–H groups in total. The summed E-state index contributed by atoms with van der Waals surface area (Å²) in [5.41, 5.74) is 3.97. The van der Waals surface area contributed by atoms with Crippen molar-refractivity contribution < 1.29 is 4.79 Å². The Morgan fingerprint density at radius 2 is 2.00 bits per heavy atom. The molecule has 0 amide bonds. The smallest absolute Gasteiger partial charge is 0.166 e. The first kappa shape index (κ1) is 12.6. The summed E-state index contributed by atoms with van der Waals surface area (Å²) in [5, 5.41) is 0.650. The number of H-pyrrole nitrogens is 1. The largest absolute Gasteiger partial charge is 0.352 e. The molecule has 0 aliphatic carbocycles. The second kappa shape index (κ2) is 5.31. The Morgan fingerprint density at radius 3 is 2.70 bits per heavy atom. The van der Waals surface area contributed by atoms with Crippen LogP contribution in [0, 0.1) is 0 Å². The second-order valence-corrected chi connectivity index (χ2v) is 4.79. The molecule has 3 nitrogen and oxygen atoms in total. The van der Waals surface area contributed by atoms with Gasteiger partial charge in [0, 0.05) is 22.3 Å². The maximum absolute atomic E-state index is 11.0. The molecule has 2 heterocycles. The first-order valence-corrected chi connectivity index (χ1v) is 6.51. The molecule has 0 bridgehead atoms. The van der Waals surface area contributed by atoms with Gasteiger partial charge in [-0.15, -0.1) is 0 Å². The molecule has 0 aliphatic rings. The molecule has 0 unspecified atom stereocenters. The van der Waals surface area contributed by atoms with Crippen LogP contribution >= 0.6 is 11.6 Å². The highest BCUT2D eigenvalue weighted by molar-refractivity contribution is 6.30. The summed E-state index contributed by atoms with van der Waals surface area (Å²) < 4.78 is 0. The molecule has 0 aliphatic heterocycles. The maximum Gasteiger partial charge on any atom is 0.166 e. The van der Waals surface area contributed by atoms with Crippen molar-refractivity contribution in [1.82, 2.24) is 9.97 Å². The van der Waals surface area contributed by atoms with E-state index >= 15 is 0 Å². The number of nitrogens with one attached hydrogen (secondary N) is 1. The highest BCUT2D eigenvalue weighted by atomic mass is 35.5. The van der Waals surface area contributed by atoms with Gasteiger partial charge in [0.1, 0.15) is 0 Å². The molecule has 2 aromatic heterocycles. The predicted octanol–water partition coefficient (Wildman–Crippen LogP) is 4.21. The fourth-order valence-electron chi connectivity index (χ4n) is 2.13. The van der Waals surface area contributed by atoms with Gasteiger partial charge in [-0.2, -0.15) is 0 Å². The van der Waals surface area contributed by atoms with Crippen molar-refractivity contribution in [3.8, 4) is 22.5 Å². The van der Waals surface area contributed by atoms with Gasteiger partial charge in [-0.3, -0.25) is 9.78 Å². The van der Waals surface area contributed by atoms with Gasteiger partial charge in [-0.1, -0.05) is 29.8 Å². The Bertz CT molecular complexity index is 750. The summed E-state index contributed by atoms with van der Waals surface area (Å²) in [6.07, 6.45) is 2.52. The average Bonchev–Trinajstić information content (AvgIpc) is 2.92. The molecule has 1 aromatic carbocycles. The van der Waals surface area contributed by atoms with E-state index in [-0.39, 0.29) is 0 Å². The molecular formula is C16H11ClN2O. The number of carbonyl (C=O) groups excluding carboxylic acids is 1. The summed E-state index contributed by atoms with van der Waals surface area (Å²) in [7, 11) is 0. The third kappa shape index (κ3) is 2.36. The highest BCUT2D eigenvalue weighted by Gasteiger charge is 2.12. The van der Waals surface area contributed by atoms with Crippen molar-refractivity contribution in [2.75, 3.05) is 0 Å². The monoisotopic (exact) mass is 282 g/mol. The van der Waals surface area contributed by atoms with Crippen LogP contribution in [0.5, 0.6) is 0 Å². The van der Waals surface area contributed by atoms with Crippen LogP contribution in [-0.2, 0) is 0 Å². The maximum atomic E-state index is 11.0. The highest BCUT2D eigenvalue weighted by Crippen LogP contribution is 2.32. The summed E-state index contributed by atoms with van der Waals surface area (Å²) in [6, 6.07) is 15.0. The van der Waals surface area contributed by atoms with Gasteiger partial charge in [0.2, 0.25) is 0 Å². The molecule has 98 valence electrons. The van der Waals surface area contributed by atoms with Gasteiger partial charge in [0.15, 0.2) is 6.29 Å². The molecule has 0 radical (unpaired) electrons. The number of hydrogen-bond donors (Lipinski definition) is 1. The van der Waals surface area contributed by atoms with E-state index < -0.39 is 0 Å². The van der Waals surface area contributed by atoms with Crippen LogP contribution in [0.15, 0.2) is 54.7 Å². The minimum Gasteiger partial charge on any atom is -0.352 e. The number of rotatable bonds is 3. The molecule has 3 rings (SSSR count). The van der Waals surface area contributed by atoms with Crippen LogP contribution in [-0.4, -0.2) is 16.3 Å². The van der Waals surface area contributed by atoms with Gasteiger partial charge < -0.3 is 4.98 Å². The van der Waals surface area contributed by atoms with Gasteiger partial charge in [0.05, 0.1) is 17.1 Å². The second-order valence-electron chi connectivity index (χ2n) is 4.36. The Hall–Kier alpha value is -2.39. The minimum absolute atomic E-state index is 0.514. The van der Waals surface area contributed by atoms with Crippen molar-refractivity contribution >= 4 is 17.9 Å². The van der Waals surface area contributed by atoms with Crippen molar-refractivity contribution in [2.45, 2.75) is 0 Å². The standard InChI is InChI=1S/C16H11ClN2O/c17-12-5-3-4-11(8-12)16-14(9-13(10-20)19-16)15-6-1-2-7-18-15/h1-10,19H. The first-order valence-electron chi connectivity index (χ1n) is 6.13. The third-order valence-electron chi connectivity index (χ3n) is 3.02. The lowest BCUT2D eigenvalue weighted by molar-refractivity contribution is 0.111. The van der Waals surface area contributed by atoms with Crippen LogP contribution in [0.4, 0.5) is 0 Å². The van der Waals surface area contributed by atoms with Crippen molar-refractivity contribution in [2.24, 2.45) is 0 Å². The summed E-state index contributed by atoms with van der Waals surface area (Å²) in [4.78, 5) is 18.5. The van der Waals surface area contributed by atoms with E-state index in [0.717, 1.165) is 28.8 Å². The number of pyridine rings is 1. The minimum atomic E-state index is 0.514. The van der Waals surface area contributed by atoms with E-state index in [4.69, 9.17) is 11.6 Å². The van der Waals surface area contributed by atoms with E-state index in [0.29, 0.717) is 10.7 Å². The predicted molar refractivity (Wildman–Crippen MR) is 79.9 cm³/mol. The number of halogens is 1. The molecule has 4 heteroatoms. The summed E-state index contributed by atoms with van der Waals surface area (Å²) in [6.45, 7) is 0. The van der Waals surface area contributed by atoms with E-state index in [9.17, 15) is 4.79 Å². The molecule has 3 aromatic rings. The van der Waals surface area contributed by atoms with Gasteiger partial charge in [-0.05, 0) is 30.3 Å². The van der Waals surface area contributed by atoms with E-state index in [1.807, 2.05) is 42.5 Å². The SMILES string of the molecule is O=Cc1cc(-c2ccccn2)c(-c2cccc(Cl)c2)[nH]1. The van der Waals surface area contributed by atoms with Crippen LogP contribution in [0.2, 0.25) is 5.02 Å². The number of aromatic nitrogens is 2. The molecule has 20 heavy (non-hydrogen) atoms.